The number of hydrogen-bond donors (Lipinski definition) is 1. The van der Waals surface area contributed by atoms with E-state index in [2.05, 4.69) is 0 Å². The monoisotopic (exact) mass is 253 g/mol. The van der Waals surface area contributed by atoms with Gasteiger partial charge in [-0.2, -0.15) is 0 Å². The summed E-state index contributed by atoms with van der Waals surface area (Å²) in [6, 6.07) is 7.20. The van der Waals surface area contributed by atoms with E-state index in [0.29, 0.717) is 11.0 Å². The van der Waals surface area contributed by atoms with E-state index < -0.39 is 13.2 Å². The Morgan fingerprint density at radius 1 is 1.35 bits per heavy atom. The molecule has 0 aliphatic carbocycles. The van der Waals surface area contributed by atoms with Gasteiger partial charge in [0, 0.05) is 5.30 Å². The maximum atomic E-state index is 12.2. The molecule has 1 aliphatic heterocycles. The summed E-state index contributed by atoms with van der Waals surface area (Å²) in [6.45, 7) is 3.65. The molecule has 1 heterocycles. The third-order valence-electron chi connectivity index (χ3n) is 2.86. The Balaban J connectivity index is 2.46. The number of para-hydroxylation sites is 1. The first-order chi connectivity index (χ1) is 7.89. The SMILES string of the molecule is CP(C)(=O)c1ccccc1N1CC(O)CC1=O. The van der Waals surface area contributed by atoms with Gasteiger partial charge in [-0.15, -0.1) is 0 Å². The lowest BCUT2D eigenvalue weighted by molar-refractivity contribution is -0.117. The van der Waals surface area contributed by atoms with Gasteiger partial charge in [-0.3, -0.25) is 4.79 Å². The minimum atomic E-state index is -2.43. The summed E-state index contributed by atoms with van der Waals surface area (Å²) in [7, 11) is -2.43. The Morgan fingerprint density at radius 2 is 2.00 bits per heavy atom. The lowest BCUT2D eigenvalue weighted by Gasteiger charge is -2.21. The van der Waals surface area contributed by atoms with Crippen LogP contribution in [0.15, 0.2) is 24.3 Å². The molecule has 0 aromatic heterocycles. The quantitative estimate of drug-likeness (QED) is 0.801. The lowest BCUT2D eigenvalue weighted by Crippen LogP contribution is -2.29. The van der Waals surface area contributed by atoms with Crippen LogP contribution >= 0.6 is 7.14 Å². The maximum Gasteiger partial charge on any atom is 0.229 e. The molecule has 1 fully saturated rings. The highest BCUT2D eigenvalue weighted by Gasteiger charge is 2.31. The predicted molar refractivity (Wildman–Crippen MR) is 68.5 cm³/mol. The van der Waals surface area contributed by atoms with Crippen molar-refractivity contribution >= 4 is 24.0 Å². The molecule has 92 valence electrons. The average molecular weight is 253 g/mol. The number of β-amino-alcohol motifs (C(OH)–C–C–N with tert-alkyl or cyclic N) is 1. The van der Waals surface area contributed by atoms with Crippen molar-refractivity contribution in [2.45, 2.75) is 12.5 Å². The van der Waals surface area contributed by atoms with Crippen molar-refractivity contribution in [3.8, 4) is 0 Å². The van der Waals surface area contributed by atoms with Crippen molar-refractivity contribution in [2.75, 3.05) is 24.8 Å². The standard InChI is InChI=1S/C12H16NO3P/c1-17(2,16)11-6-4-3-5-10(11)13-8-9(14)7-12(13)15/h3-6,9,14H,7-8H2,1-2H3. The normalized spacial score (nSPS) is 21.0. The van der Waals surface area contributed by atoms with Crippen molar-refractivity contribution in [1.82, 2.24) is 0 Å². The van der Waals surface area contributed by atoms with Crippen molar-refractivity contribution < 1.29 is 14.5 Å². The van der Waals surface area contributed by atoms with Crippen LogP contribution in [0.25, 0.3) is 0 Å². The molecule has 1 aromatic rings. The van der Waals surface area contributed by atoms with Crippen LogP contribution in [0.1, 0.15) is 6.42 Å². The zero-order valence-electron chi connectivity index (χ0n) is 9.96. The minimum absolute atomic E-state index is 0.113. The molecule has 1 amide bonds. The Kier molecular flexibility index (Phi) is 3.11. The molecular weight excluding hydrogens is 237 g/mol. The highest BCUT2D eigenvalue weighted by Crippen LogP contribution is 2.39. The van der Waals surface area contributed by atoms with Gasteiger partial charge in [0.25, 0.3) is 0 Å². The molecule has 1 N–H and O–H groups in total. The van der Waals surface area contributed by atoms with E-state index in [4.69, 9.17) is 0 Å². The van der Waals surface area contributed by atoms with Crippen LogP contribution in [0.2, 0.25) is 0 Å². The third kappa shape index (κ3) is 2.43. The van der Waals surface area contributed by atoms with Crippen LogP contribution in [-0.2, 0) is 9.36 Å². The summed E-state index contributed by atoms with van der Waals surface area (Å²) in [5.74, 6) is -0.113. The number of anilines is 1. The summed E-state index contributed by atoms with van der Waals surface area (Å²) in [5, 5.41) is 10.2. The molecule has 4 nitrogen and oxygen atoms in total. The number of aliphatic hydroxyl groups excluding tert-OH is 1. The second kappa shape index (κ2) is 4.28. The number of nitrogens with zero attached hydrogens (tertiary/aromatic N) is 1. The first kappa shape index (κ1) is 12.3. The molecule has 1 unspecified atom stereocenters. The van der Waals surface area contributed by atoms with Crippen LogP contribution in [0.4, 0.5) is 5.69 Å². The van der Waals surface area contributed by atoms with Gasteiger partial charge in [0.15, 0.2) is 0 Å². The van der Waals surface area contributed by atoms with Gasteiger partial charge >= 0.3 is 0 Å². The molecule has 1 saturated heterocycles. The number of hydrogen-bond acceptors (Lipinski definition) is 3. The summed E-state index contributed by atoms with van der Waals surface area (Å²) < 4.78 is 12.2. The van der Waals surface area contributed by atoms with Gasteiger partial charge in [0.05, 0.1) is 24.8 Å². The second-order valence-corrected chi connectivity index (χ2v) is 7.89. The number of carbonyl (C=O) groups is 1. The van der Waals surface area contributed by atoms with E-state index in [0.717, 1.165) is 0 Å². The highest BCUT2D eigenvalue weighted by molar-refractivity contribution is 7.70. The Bertz CT molecular complexity index is 494. The highest BCUT2D eigenvalue weighted by atomic mass is 31.2. The Hall–Kier alpha value is -1.12. The molecule has 0 bridgehead atoms. The number of rotatable bonds is 2. The average Bonchev–Trinajstić information content (AvgIpc) is 2.56. The fourth-order valence-corrected chi connectivity index (χ4v) is 3.26. The van der Waals surface area contributed by atoms with Crippen LogP contribution in [0.3, 0.4) is 0 Å². The number of amides is 1. The predicted octanol–water partition coefficient (Wildman–Crippen LogP) is 1.03. The van der Waals surface area contributed by atoms with Crippen LogP contribution in [0, 0.1) is 0 Å². The number of aliphatic hydroxyl groups is 1. The van der Waals surface area contributed by atoms with E-state index in [1.165, 1.54) is 4.90 Å². The van der Waals surface area contributed by atoms with E-state index in [9.17, 15) is 14.5 Å². The second-order valence-electron chi connectivity index (χ2n) is 4.70. The van der Waals surface area contributed by atoms with Gasteiger partial charge in [-0.25, -0.2) is 0 Å². The van der Waals surface area contributed by atoms with E-state index in [1.807, 2.05) is 12.1 Å². The fraction of sp³-hybridized carbons (Fsp3) is 0.417. The molecule has 17 heavy (non-hydrogen) atoms. The number of carbonyl (C=O) groups excluding carboxylic acids is 1. The molecule has 5 heteroatoms. The Morgan fingerprint density at radius 3 is 2.53 bits per heavy atom. The smallest absolute Gasteiger partial charge is 0.229 e. The largest absolute Gasteiger partial charge is 0.391 e. The van der Waals surface area contributed by atoms with Crippen LogP contribution in [0.5, 0.6) is 0 Å². The van der Waals surface area contributed by atoms with Gasteiger partial charge in [0.2, 0.25) is 5.91 Å². The summed E-state index contributed by atoms with van der Waals surface area (Å²) >= 11 is 0. The maximum absolute atomic E-state index is 12.2. The minimum Gasteiger partial charge on any atom is -0.391 e. The molecule has 1 atom stereocenters. The zero-order valence-corrected chi connectivity index (χ0v) is 10.9. The van der Waals surface area contributed by atoms with E-state index >= 15 is 0 Å². The fourth-order valence-electron chi connectivity index (χ4n) is 2.07. The van der Waals surface area contributed by atoms with Crippen molar-refractivity contribution in [3.05, 3.63) is 24.3 Å². The van der Waals surface area contributed by atoms with E-state index in [-0.39, 0.29) is 18.9 Å². The zero-order chi connectivity index (χ0) is 12.6. The molecule has 0 radical (unpaired) electrons. The van der Waals surface area contributed by atoms with Gasteiger partial charge in [-0.1, -0.05) is 12.1 Å². The molecular formula is C12H16NO3P. The van der Waals surface area contributed by atoms with Crippen molar-refractivity contribution in [1.29, 1.82) is 0 Å². The van der Waals surface area contributed by atoms with Crippen molar-refractivity contribution in [2.24, 2.45) is 0 Å². The third-order valence-corrected chi connectivity index (χ3v) is 4.40. The topological polar surface area (TPSA) is 57.6 Å². The van der Waals surface area contributed by atoms with Crippen LogP contribution in [-0.4, -0.2) is 37.0 Å². The van der Waals surface area contributed by atoms with Gasteiger partial charge in [0.1, 0.15) is 7.14 Å². The number of benzene rings is 1. The van der Waals surface area contributed by atoms with Crippen molar-refractivity contribution in [3.63, 3.8) is 0 Å². The molecule has 0 spiro atoms. The molecule has 0 saturated carbocycles. The lowest BCUT2D eigenvalue weighted by atomic mass is 10.3. The Labute approximate surface area is 101 Å². The van der Waals surface area contributed by atoms with Gasteiger partial charge < -0.3 is 14.6 Å². The first-order valence-electron chi connectivity index (χ1n) is 5.52. The molecule has 2 rings (SSSR count). The summed E-state index contributed by atoms with van der Waals surface area (Å²) in [5.41, 5.74) is 0.669. The molecule has 1 aromatic carbocycles. The van der Waals surface area contributed by atoms with Crippen LogP contribution < -0.4 is 10.2 Å². The first-order valence-corrected chi connectivity index (χ1v) is 8.12. The summed E-state index contributed by atoms with van der Waals surface area (Å²) in [4.78, 5) is 13.3. The molecule has 1 aliphatic rings. The van der Waals surface area contributed by atoms with Gasteiger partial charge in [-0.05, 0) is 25.5 Å². The van der Waals surface area contributed by atoms with E-state index in [1.54, 1.807) is 25.5 Å². The summed E-state index contributed by atoms with van der Waals surface area (Å²) in [6.07, 6.45) is -0.477.